The molecule has 0 aliphatic carbocycles. The zero-order valence-corrected chi connectivity index (χ0v) is 15.7. The third kappa shape index (κ3) is 5.66. The highest BCUT2D eigenvalue weighted by atomic mass is 16.5. The van der Waals surface area contributed by atoms with E-state index in [0.717, 1.165) is 11.1 Å². The van der Waals surface area contributed by atoms with Gasteiger partial charge in [0.25, 0.3) is 0 Å². The van der Waals surface area contributed by atoms with Crippen LogP contribution in [-0.2, 0) is 11.2 Å². The Labute approximate surface area is 154 Å². The van der Waals surface area contributed by atoms with Gasteiger partial charge in [0, 0.05) is 18.4 Å². The molecule has 0 saturated carbocycles. The van der Waals surface area contributed by atoms with Gasteiger partial charge in [-0.25, -0.2) is 0 Å². The molecule has 0 amide bonds. The first kappa shape index (κ1) is 19.6. The Balaban J connectivity index is 2.13. The van der Waals surface area contributed by atoms with Crippen molar-refractivity contribution >= 4 is 17.9 Å². The number of hydrogen-bond acceptors (Lipinski definition) is 4. The zero-order chi connectivity index (χ0) is 19.3. The summed E-state index contributed by atoms with van der Waals surface area (Å²) >= 11 is 0. The van der Waals surface area contributed by atoms with Crippen LogP contribution >= 0.6 is 0 Å². The lowest BCUT2D eigenvalue weighted by molar-refractivity contribution is -0.118. The van der Waals surface area contributed by atoms with Gasteiger partial charge in [0.2, 0.25) is 0 Å². The minimum Gasteiger partial charge on any atom is -0.508 e. The second-order valence-corrected chi connectivity index (χ2v) is 7.23. The van der Waals surface area contributed by atoms with E-state index in [1.165, 1.54) is 0 Å². The monoisotopic (exact) mass is 354 g/mol. The molecule has 2 rings (SSSR count). The van der Waals surface area contributed by atoms with Gasteiger partial charge >= 0.3 is 0 Å². The van der Waals surface area contributed by atoms with Crippen molar-refractivity contribution in [1.82, 2.24) is 0 Å². The fourth-order valence-corrected chi connectivity index (χ4v) is 2.42. The third-order valence-electron chi connectivity index (χ3n) is 3.76. The molecular formula is C22H26O4. The summed E-state index contributed by atoms with van der Waals surface area (Å²) in [6.45, 7) is 7.57. The van der Waals surface area contributed by atoms with Crippen LogP contribution in [-0.4, -0.2) is 21.6 Å². The van der Waals surface area contributed by atoms with Gasteiger partial charge in [0.05, 0.1) is 0 Å². The number of hydrogen-bond donors (Lipinski definition) is 2. The number of Topliss-reactive ketones (excluding diaryl/α,β-unsaturated/α-hetero) is 1. The van der Waals surface area contributed by atoms with Gasteiger partial charge in [0.1, 0.15) is 17.1 Å². The topological polar surface area (TPSA) is 66.8 Å². The molecular weight excluding hydrogens is 328 g/mol. The lowest BCUT2D eigenvalue weighted by Gasteiger charge is -2.21. The molecule has 4 heteroatoms. The van der Waals surface area contributed by atoms with Crippen molar-refractivity contribution in [2.24, 2.45) is 0 Å². The van der Waals surface area contributed by atoms with E-state index < -0.39 is 0 Å². The summed E-state index contributed by atoms with van der Waals surface area (Å²) in [4.78, 5) is 11.5. The predicted octanol–water partition coefficient (Wildman–Crippen LogP) is 4.97. The molecule has 2 N–H and O–H groups in total. The normalized spacial score (nSPS) is 11.7. The van der Waals surface area contributed by atoms with E-state index in [2.05, 4.69) is 0 Å². The minimum atomic E-state index is -0.382. The number of rotatable bonds is 6. The lowest BCUT2D eigenvalue weighted by atomic mass is 10.0. The van der Waals surface area contributed by atoms with E-state index in [9.17, 15) is 15.0 Å². The first-order valence-corrected chi connectivity index (χ1v) is 8.71. The molecule has 0 aliphatic rings. The molecule has 26 heavy (non-hydrogen) atoms. The average molecular weight is 354 g/mol. The quantitative estimate of drug-likeness (QED) is 0.719. The highest BCUT2D eigenvalue weighted by molar-refractivity contribution is 5.81. The maximum absolute atomic E-state index is 11.5. The molecule has 0 radical (unpaired) electrons. The van der Waals surface area contributed by atoms with E-state index in [1.54, 1.807) is 24.3 Å². The number of phenols is 2. The van der Waals surface area contributed by atoms with Crippen molar-refractivity contribution in [1.29, 1.82) is 0 Å². The number of benzene rings is 2. The van der Waals surface area contributed by atoms with Crippen molar-refractivity contribution in [2.75, 3.05) is 0 Å². The molecule has 0 spiro atoms. The molecule has 0 aliphatic heterocycles. The third-order valence-corrected chi connectivity index (χ3v) is 3.76. The number of carbonyl (C=O) groups excluding carboxylic acids is 1. The highest BCUT2D eigenvalue weighted by Crippen LogP contribution is 2.30. The molecule has 2 aromatic rings. The largest absolute Gasteiger partial charge is 0.508 e. The Morgan fingerprint density at radius 2 is 1.58 bits per heavy atom. The molecule has 0 unspecified atom stereocenters. The number of carbonyl (C=O) groups is 1. The van der Waals surface area contributed by atoms with Crippen molar-refractivity contribution in [3.8, 4) is 17.2 Å². The van der Waals surface area contributed by atoms with Gasteiger partial charge in [0.15, 0.2) is 11.5 Å². The Kier molecular flexibility index (Phi) is 6.09. The van der Waals surface area contributed by atoms with E-state index in [-0.39, 0.29) is 29.3 Å². The van der Waals surface area contributed by atoms with Crippen LogP contribution in [0.2, 0.25) is 0 Å². The SMILES string of the molecule is CCC(=O)Cc1ccc(/C=C/c2ccc(OC(C)(C)C)c(O)c2)cc1O. The van der Waals surface area contributed by atoms with E-state index >= 15 is 0 Å². The number of ether oxygens (including phenoxy) is 1. The van der Waals surface area contributed by atoms with Gasteiger partial charge < -0.3 is 14.9 Å². The van der Waals surface area contributed by atoms with Crippen LogP contribution in [0.1, 0.15) is 50.8 Å². The van der Waals surface area contributed by atoms with Crippen LogP contribution < -0.4 is 4.74 Å². The molecule has 0 heterocycles. The Morgan fingerprint density at radius 1 is 1.00 bits per heavy atom. The van der Waals surface area contributed by atoms with Gasteiger partial charge in [-0.2, -0.15) is 0 Å². The Bertz CT molecular complexity index is 813. The summed E-state index contributed by atoms with van der Waals surface area (Å²) in [5, 5.41) is 20.2. The summed E-state index contributed by atoms with van der Waals surface area (Å²) in [7, 11) is 0. The molecule has 0 atom stereocenters. The fourth-order valence-electron chi connectivity index (χ4n) is 2.42. The zero-order valence-electron chi connectivity index (χ0n) is 15.7. The molecule has 0 aromatic heterocycles. The second-order valence-electron chi connectivity index (χ2n) is 7.23. The van der Waals surface area contributed by atoms with Crippen molar-refractivity contribution in [2.45, 2.75) is 46.1 Å². The van der Waals surface area contributed by atoms with Crippen LogP contribution in [0.5, 0.6) is 17.2 Å². The van der Waals surface area contributed by atoms with Crippen molar-refractivity contribution in [3.05, 3.63) is 53.1 Å². The van der Waals surface area contributed by atoms with Crippen LogP contribution in [0, 0.1) is 0 Å². The van der Waals surface area contributed by atoms with Crippen molar-refractivity contribution < 1.29 is 19.7 Å². The van der Waals surface area contributed by atoms with Gasteiger partial charge in [-0.3, -0.25) is 4.79 Å². The molecule has 2 aromatic carbocycles. The van der Waals surface area contributed by atoms with Crippen LogP contribution in [0.15, 0.2) is 36.4 Å². The summed E-state index contributed by atoms with van der Waals surface area (Å²) in [5.74, 6) is 0.734. The molecule has 0 fully saturated rings. The van der Waals surface area contributed by atoms with Crippen LogP contribution in [0.25, 0.3) is 12.2 Å². The molecule has 138 valence electrons. The summed E-state index contributed by atoms with van der Waals surface area (Å²) in [6, 6.07) is 10.5. The van der Waals surface area contributed by atoms with E-state index in [4.69, 9.17) is 4.74 Å². The van der Waals surface area contributed by atoms with E-state index in [1.807, 2.05) is 52.0 Å². The van der Waals surface area contributed by atoms with E-state index in [0.29, 0.717) is 17.7 Å². The minimum absolute atomic E-state index is 0.0818. The maximum Gasteiger partial charge on any atom is 0.161 e. The van der Waals surface area contributed by atoms with Crippen LogP contribution in [0.3, 0.4) is 0 Å². The summed E-state index contributed by atoms with van der Waals surface area (Å²) in [6.07, 6.45) is 4.38. The van der Waals surface area contributed by atoms with Gasteiger partial charge in [-0.05, 0) is 50.1 Å². The van der Waals surface area contributed by atoms with Gasteiger partial charge in [-0.15, -0.1) is 0 Å². The smallest absolute Gasteiger partial charge is 0.161 e. The molecule has 0 bridgehead atoms. The van der Waals surface area contributed by atoms with Crippen molar-refractivity contribution in [3.63, 3.8) is 0 Å². The Hall–Kier alpha value is -2.75. The summed E-state index contributed by atoms with van der Waals surface area (Å²) < 4.78 is 5.69. The molecule has 0 saturated heterocycles. The lowest BCUT2D eigenvalue weighted by Crippen LogP contribution is -2.22. The summed E-state index contributed by atoms with van der Waals surface area (Å²) in [5.41, 5.74) is 1.88. The number of aromatic hydroxyl groups is 2. The first-order valence-electron chi connectivity index (χ1n) is 8.71. The number of ketones is 1. The first-order chi connectivity index (χ1) is 12.2. The Morgan fingerprint density at radius 3 is 2.08 bits per heavy atom. The second kappa shape index (κ2) is 8.09. The van der Waals surface area contributed by atoms with Crippen LogP contribution in [0.4, 0.5) is 0 Å². The highest BCUT2D eigenvalue weighted by Gasteiger charge is 2.14. The maximum atomic E-state index is 11.5. The predicted molar refractivity (Wildman–Crippen MR) is 105 cm³/mol. The number of phenolic OH excluding ortho intramolecular Hbond substituents is 2. The standard InChI is InChI=1S/C22H26O4/c1-5-18(23)14-17-10-8-15(12-19(17)24)6-7-16-9-11-21(20(25)13-16)26-22(2,3)4/h6-13,24-25H,5,14H2,1-4H3/b7-6+. The average Bonchev–Trinajstić information content (AvgIpc) is 2.56. The molecule has 4 nitrogen and oxygen atoms in total. The van der Waals surface area contributed by atoms with Gasteiger partial charge in [-0.1, -0.05) is 37.3 Å². The fraction of sp³-hybridized carbons (Fsp3) is 0.318.